The molecule has 1 amide bonds. The summed E-state index contributed by atoms with van der Waals surface area (Å²) in [6, 6.07) is 10.9. The fraction of sp³-hybridized carbons (Fsp3) is 0.458. The molecule has 0 unspecified atom stereocenters. The van der Waals surface area contributed by atoms with Crippen molar-refractivity contribution in [3.05, 3.63) is 53.1 Å². The Bertz CT molecular complexity index is 1060. The van der Waals surface area contributed by atoms with Crippen LogP contribution in [0.2, 0.25) is 0 Å². The van der Waals surface area contributed by atoms with Crippen molar-refractivity contribution in [1.29, 1.82) is 0 Å². The fourth-order valence-electron chi connectivity index (χ4n) is 4.09. The van der Waals surface area contributed by atoms with E-state index in [0.29, 0.717) is 37.6 Å². The third-order valence-electron chi connectivity index (χ3n) is 6.00. The van der Waals surface area contributed by atoms with Gasteiger partial charge in [-0.2, -0.15) is 4.31 Å². The number of aryl methyl sites for hydroxylation is 2. The quantitative estimate of drug-likeness (QED) is 0.713. The zero-order valence-electron chi connectivity index (χ0n) is 18.9. The molecule has 0 bridgehead atoms. The molecule has 1 saturated heterocycles. The number of amides is 1. The summed E-state index contributed by atoms with van der Waals surface area (Å²) in [5.74, 6) is 0.721. The molecule has 7 heteroatoms. The Labute approximate surface area is 185 Å². The van der Waals surface area contributed by atoms with Crippen molar-refractivity contribution >= 4 is 21.6 Å². The number of carbonyl (C=O) groups excluding carboxylic acids is 1. The van der Waals surface area contributed by atoms with Crippen LogP contribution in [0.15, 0.2) is 41.3 Å². The van der Waals surface area contributed by atoms with Gasteiger partial charge in [-0.3, -0.25) is 4.79 Å². The maximum atomic E-state index is 13.1. The minimum Gasteiger partial charge on any atom is -0.496 e. The molecule has 1 fully saturated rings. The highest BCUT2D eigenvalue weighted by atomic mass is 32.2. The lowest BCUT2D eigenvalue weighted by atomic mass is 9.95. The number of benzene rings is 2. The molecule has 0 aliphatic carbocycles. The molecule has 0 saturated carbocycles. The van der Waals surface area contributed by atoms with E-state index in [9.17, 15) is 13.2 Å². The summed E-state index contributed by atoms with van der Waals surface area (Å²) in [4.78, 5) is 13.2. The SMILES string of the molecule is COc1ccc(S(=O)(=O)N2CCC(C(=O)Nc3c(C)cccc3C(C)C)CC2)cc1C. The Morgan fingerprint density at radius 1 is 1.10 bits per heavy atom. The van der Waals surface area contributed by atoms with Crippen LogP contribution in [0.5, 0.6) is 5.75 Å². The zero-order chi connectivity index (χ0) is 22.8. The molecule has 168 valence electrons. The van der Waals surface area contributed by atoms with Gasteiger partial charge < -0.3 is 10.1 Å². The van der Waals surface area contributed by atoms with Gasteiger partial charge in [-0.15, -0.1) is 0 Å². The van der Waals surface area contributed by atoms with E-state index in [-0.39, 0.29) is 16.7 Å². The summed E-state index contributed by atoms with van der Waals surface area (Å²) in [5, 5.41) is 3.11. The number of piperidine rings is 1. The van der Waals surface area contributed by atoms with Crippen LogP contribution in [0.25, 0.3) is 0 Å². The highest BCUT2D eigenvalue weighted by Gasteiger charge is 2.32. The van der Waals surface area contributed by atoms with Gasteiger partial charge in [0.05, 0.1) is 12.0 Å². The number of para-hydroxylation sites is 1. The lowest BCUT2D eigenvalue weighted by Crippen LogP contribution is -2.41. The average Bonchev–Trinajstić information content (AvgIpc) is 2.74. The number of nitrogens with zero attached hydrogens (tertiary/aromatic N) is 1. The van der Waals surface area contributed by atoms with Crippen LogP contribution >= 0.6 is 0 Å². The Morgan fingerprint density at radius 3 is 2.35 bits per heavy atom. The van der Waals surface area contributed by atoms with Crippen molar-refractivity contribution in [2.45, 2.75) is 51.3 Å². The Morgan fingerprint density at radius 2 is 1.77 bits per heavy atom. The minimum absolute atomic E-state index is 0.0338. The van der Waals surface area contributed by atoms with E-state index in [1.165, 1.54) is 4.31 Å². The van der Waals surface area contributed by atoms with Crippen LogP contribution in [0, 0.1) is 19.8 Å². The van der Waals surface area contributed by atoms with Gasteiger partial charge in [-0.05, 0) is 67.5 Å². The zero-order valence-corrected chi connectivity index (χ0v) is 19.8. The summed E-state index contributed by atoms with van der Waals surface area (Å²) >= 11 is 0. The summed E-state index contributed by atoms with van der Waals surface area (Å²) < 4.78 is 32.8. The number of hydrogen-bond acceptors (Lipinski definition) is 4. The van der Waals surface area contributed by atoms with E-state index in [4.69, 9.17) is 4.74 Å². The standard InChI is InChI=1S/C24H32N2O4S/c1-16(2)21-8-6-7-17(3)23(21)25-24(27)19-11-13-26(14-12-19)31(28,29)20-9-10-22(30-5)18(4)15-20/h6-10,15-16,19H,11-14H2,1-5H3,(H,25,27). The van der Waals surface area contributed by atoms with Crippen molar-refractivity contribution < 1.29 is 17.9 Å². The molecule has 1 aliphatic rings. The first-order chi connectivity index (χ1) is 14.6. The highest BCUT2D eigenvalue weighted by molar-refractivity contribution is 7.89. The number of rotatable bonds is 6. The van der Waals surface area contributed by atoms with E-state index in [0.717, 1.165) is 22.4 Å². The van der Waals surface area contributed by atoms with Crippen molar-refractivity contribution in [1.82, 2.24) is 4.31 Å². The van der Waals surface area contributed by atoms with E-state index in [1.54, 1.807) is 25.3 Å². The number of sulfonamides is 1. The molecule has 2 aromatic carbocycles. The Kier molecular flexibility index (Phi) is 7.06. The van der Waals surface area contributed by atoms with E-state index in [2.05, 4.69) is 19.2 Å². The number of nitrogens with one attached hydrogen (secondary N) is 1. The van der Waals surface area contributed by atoms with Gasteiger partial charge in [0.2, 0.25) is 15.9 Å². The normalized spacial score (nSPS) is 15.8. The van der Waals surface area contributed by atoms with Crippen LogP contribution in [-0.4, -0.2) is 38.8 Å². The Balaban J connectivity index is 1.68. The summed E-state index contributed by atoms with van der Waals surface area (Å²) in [6.07, 6.45) is 1.01. The second-order valence-corrected chi connectivity index (χ2v) is 10.4. The van der Waals surface area contributed by atoms with Gasteiger partial charge >= 0.3 is 0 Å². The molecule has 0 atom stereocenters. The summed E-state index contributed by atoms with van der Waals surface area (Å²) in [6.45, 7) is 8.69. The van der Waals surface area contributed by atoms with Crippen LogP contribution in [-0.2, 0) is 14.8 Å². The number of ether oxygens (including phenoxy) is 1. The smallest absolute Gasteiger partial charge is 0.243 e. The molecule has 1 heterocycles. The van der Waals surface area contributed by atoms with Crippen LogP contribution in [0.3, 0.4) is 0 Å². The van der Waals surface area contributed by atoms with Crippen LogP contribution in [0.1, 0.15) is 49.3 Å². The van der Waals surface area contributed by atoms with Crippen molar-refractivity contribution in [2.75, 3.05) is 25.5 Å². The molecular formula is C24H32N2O4S. The molecule has 6 nitrogen and oxygen atoms in total. The maximum Gasteiger partial charge on any atom is 0.243 e. The van der Waals surface area contributed by atoms with Gasteiger partial charge in [0.25, 0.3) is 0 Å². The first-order valence-electron chi connectivity index (χ1n) is 10.7. The molecule has 0 aromatic heterocycles. The average molecular weight is 445 g/mol. The Hall–Kier alpha value is -2.38. The number of carbonyl (C=O) groups is 1. The van der Waals surface area contributed by atoms with Gasteiger partial charge in [0.1, 0.15) is 5.75 Å². The molecule has 2 aromatic rings. The van der Waals surface area contributed by atoms with Gasteiger partial charge in [0, 0.05) is 24.7 Å². The predicted octanol–water partition coefficient (Wildman–Crippen LogP) is 4.47. The van der Waals surface area contributed by atoms with E-state index in [1.807, 2.05) is 32.0 Å². The highest BCUT2D eigenvalue weighted by Crippen LogP contribution is 2.30. The first kappa shape index (κ1) is 23.3. The largest absolute Gasteiger partial charge is 0.496 e. The number of methoxy groups -OCH3 is 1. The van der Waals surface area contributed by atoms with E-state index < -0.39 is 10.0 Å². The molecule has 0 spiro atoms. The van der Waals surface area contributed by atoms with Crippen molar-refractivity contribution in [2.24, 2.45) is 5.92 Å². The number of anilines is 1. The second kappa shape index (κ2) is 9.40. The monoisotopic (exact) mass is 444 g/mol. The lowest BCUT2D eigenvalue weighted by Gasteiger charge is -2.31. The topological polar surface area (TPSA) is 75.7 Å². The van der Waals surface area contributed by atoms with Crippen molar-refractivity contribution in [3.63, 3.8) is 0 Å². The fourth-order valence-corrected chi connectivity index (χ4v) is 5.64. The minimum atomic E-state index is -3.60. The third-order valence-corrected chi connectivity index (χ3v) is 7.90. The first-order valence-corrected chi connectivity index (χ1v) is 12.1. The molecule has 1 N–H and O–H groups in total. The molecular weight excluding hydrogens is 412 g/mol. The predicted molar refractivity (Wildman–Crippen MR) is 123 cm³/mol. The van der Waals surface area contributed by atoms with E-state index >= 15 is 0 Å². The lowest BCUT2D eigenvalue weighted by molar-refractivity contribution is -0.120. The van der Waals surface area contributed by atoms with Gasteiger partial charge in [-0.25, -0.2) is 8.42 Å². The van der Waals surface area contributed by atoms with Gasteiger partial charge in [0.15, 0.2) is 0 Å². The maximum absolute atomic E-state index is 13.1. The van der Waals surface area contributed by atoms with Gasteiger partial charge in [-0.1, -0.05) is 32.0 Å². The third kappa shape index (κ3) is 4.93. The molecule has 3 rings (SSSR count). The molecule has 0 radical (unpaired) electrons. The summed E-state index contributed by atoms with van der Waals surface area (Å²) in [7, 11) is -2.03. The summed E-state index contributed by atoms with van der Waals surface area (Å²) in [5.41, 5.74) is 3.81. The van der Waals surface area contributed by atoms with Crippen LogP contribution < -0.4 is 10.1 Å². The number of hydrogen-bond donors (Lipinski definition) is 1. The molecule has 1 aliphatic heterocycles. The van der Waals surface area contributed by atoms with Crippen LogP contribution in [0.4, 0.5) is 5.69 Å². The second-order valence-electron chi connectivity index (χ2n) is 8.49. The van der Waals surface area contributed by atoms with Crippen molar-refractivity contribution in [3.8, 4) is 5.75 Å². The molecule has 31 heavy (non-hydrogen) atoms.